The van der Waals surface area contributed by atoms with Gasteiger partial charge in [-0.15, -0.1) is 0 Å². The first kappa shape index (κ1) is 17.0. The highest BCUT2D eigenvalue weighted by Crippen LogP contribution is 2.17. The first-order chi connectivity index (χ1) is 10.0. The molecule has 1 rings (SSSR count). The van der Waals surface area contributed by atoms with Crippen molar-refractivity contribution >= 4 is 11.9 Å². The lowest BCUT2D eigenvalue weighted by atomic mass is 9.89. The van der Waals surface area contributed by atoms with E-state index in [9.17, 15) is 9.59 Å². The fourth-order valence-electron chi connectivity index (χ4n) is 1.94. The summed E-state index contributed by atoms with van der Waals surface area (Å²) in [5.41, 5.74) is 1.20. The van der Waals surface area contributed by atoms with Crippen molar-refractivity contribution in [3.8, 4) is 0 Å². The molecule has 1 aromatic carbocycles. The van der Waals surface area contributed by atoms with E-state index in [1.54, 1.807) is 0 Å². The molecule has 0 spiro atoms. The minimum absolute atomic E-state index is 0.102. The largest absolute Gasteiger partial charge is 0.460 e. The maximum absolute atomic E-state index is 12.0. The van der Waals surface area contributed by atoms with Crippen LogP contribution in [0.5, 0.6) is 0 Å². The number of amides is 1. The number of hydrogen-bond donors (Lipinski definition) is 1. The van der Waals surface area contributed by atoms with Crippen LogP contribution < -0.4 is 5.32 Å². The molecule has 0 fully saturated rings. The van der Waals surface area contributed by atoms with Crippen LogP contribution in [0.2, 0.25) is 0 Å². The monoisotopic (exact) mass is 289 g/mol. The lowest BCUT2D eigenvalue weighted by molar-refractivity contribution is -0.143. The zero-order valence-electron chi connectivity index (χ0n) is 12.7. The first-order valence-electron chi connectivity index (χ1n) is 7.12. The molecule has 1 unspecified atom stereocenters. The highest BCUT2D eigenvalue weighted by molar-refractivity contribution is 5.83. The predicted octanol–water partition coefficient (Wildman–Crippen LogP) is 2.35. The molecule has 0 saturated heterocycles. The maximum atomic E-state index is 12.0. The quantitative estimate of drug-likeness (QED) is 0.590. The van der Waals surface area contributed by atoms with E-state index >= 15 is 0 Å². The molecule has 0 saturated carbocycles. The van der Waals surface area contributed by atoms with Crippen LogP contribution in [-0.4, -0.2) is 25.0 Å². The summed E-state index contributed by atoms with van der Waals surface area (Å²) in [6.45, 7) is 7.42. The number of hydrogen-bond acceptors (Lipinski definition) is 3. The molecule has 0 heterocycles. The van der Waals surface area contributed by atoms with Crippen molar-refractivity contribution in [2.75, 3.05) is 13.2 Å². The van der Waals surface area contributed by atoms with E-state index in [1.807, 2.05) is 44.2 Å². The van der Waals surface area contributed by atoms with Gasteiger partial charge in [0.2, 0.25) is 5.91 Å². The van der Waals surface area contributed by atoms with Gasteiger partial charge in [0.1, 0.15) is 13.2 Å². The topological polar surface area (TPSA) is 55.4 Å². The lowest BCUT2D eigenvalue weighted by Crippen LogP contribution is -2.37. The summed E-state index contributed by atoms with van der Waals surface area (Å²) in [6.07, 6.45) is 2.32. The maximum Gasteiger partial charge on any atom is 0.325 e. The van der Waals surface area contributed by atoms with E-state index in [1.165, 1.54) is 11.6 Å². The van der Waals surface area contributed by atoms with Crippen molar-refractivity contribution in [2.45, 2.75) is 20.3 Å². The zero-order valence-corrected chi connectivity index (χ0v) is 12.7. The van der Waals surface area contributed by atoms with Gasteiger partial charge in [0.15, 0.2) is 0 Å². The molecule has 0 aliphatic heterocycles. The molecule has 0 aliphatic rings. The number of esters is 1. The highest BCUT2D eigenvalue weighted by Gasteiger charge is 2.21. The Morgan fingerprint density at radius 1 is 1.29 bits per heavy atom. The van der Waals surface area contributed by atoms with Gasteiger partial charge in [-0.25, -0.2) is 0 Å². The van der Waals surface area contributed by atoms with Gasteiger partial charge in [-0.3, -0.25) is 9.59 Å². The number of benzene rings is 1. The summed E-state index contributed by atoms with van der Waals surface area (Å²) in [5.74, 6) is -0.561. The van der Waals surface area contributed by atoms with Crippen molar-refractivity contribution in [1.82, 2.24) is 5.32 Å². The minimum Gasteiger partial charge on any atom is -0.460 e. The standard InChI is InChI=1S/C17H23NO3/c1-4-10-21-16(19)12-18-17(20)14(3)13(2)11-15-8-6-5-7-9-15/h4-9,13-14H,1,10-12H2,2-3H3,(H,18,20)/t13-,14?/m0/s1. The van der Waals surface area contributed by atoms with Crippen LogP contribution in [0.3, 0.4) is 0 Å². The van der Waals surface area contributed by atoms with Crippen molar-refractivity contribution in [1.29, 1.82) is 0 Å². The van der Waals surface area contributed by atoms with Gasteiger partial charge in [-0.05, 0) is 17.9 Å². The SMILES string of the molecule is C=CCOC(=O)CNC(=O)C(C)[C@@H](C)Cc1ccccc1. The van der Waals surface area contributed by atoms with Gasteiger partial charge in [-0.2, -0.15) is 0 Å². The Morgan fingerprint density at radius 3 is 2.57 bits per heavy atom. The third kappa shape index (κ3) is 6.25. The Labute approximate surface area is 126 Å². The highest BCUT2D eigenvalue weighted by atomic mass is 16.5. The molecule has 4 heteroatoms. The molecule has 1 aromatic rings. The van der Waals surface area contributed by atoms with Crippen LogP contribution in [0.4, 0.5) is 0 Å². The number of nitrogens with one attached hydrogen (secondary N) is 1. The summed E-state index contributed by atoms with van der Waals surface area (Å²) in [6, 6.07) is 10.0. The van der Waals surface area contributed by atoms with Crippen molar-refractivity contribution < 1.29 is 14.3 Å². The van der Waals surface area contributed by atoms with Crippen LogP contribution in [0.15, 0.2) is 43.0 Å². The fraction of sp³-hybridized carbons (Fsp3) is 0.412. The Kier molecular flexibility index (Phi) is 7.23. The van der Waals surface area contributed by atoms with E-state index in [0.29, 0.717) is 0 Å². The summed E-state index contributed by atoms with van der Waals surface area (Å²) < 4.78 is 4.81. The van der Waals surface area contributed by atoms with E-state index in [0.717, 1.165) is 6.42 Å². The summed E-state index contributed by atoms with van der Waals surface area (Å²) in [7, 11) is 0. The molecule has 0 bridgehead atoms. The van der Waals surface area contributed by atoms with E-state index in [2.05, 4.69) is 11.9 Å². The smallest absolute Gasteiger partial charge is 0.325 e. The van der Waals surface area contributed by atoms with Gasteiger partial charge in [0.05, 0.1) is 0 Å². The third-order valence-electron chi connectivity index (χ3n) is 3.44. The van der Waals surface area contributed by atoms with Gasteiger partial charge in [0, 0.05) is 5.92 Å². The summed E-state index contributed by atoms with van der Waals surface area (Å²) in [5, 5.41) is 2.61. The molecule has 2 atom stereocenters. The van der Waals surface area contributed by atoms with Crippen molar-refractivity contribution in [2.24, 2.45) is 11.8 Å². The van der Waals surface area contributed by atoms with Crippen molar-refractivity contribution in [3.63, 3.8) is 0 Å². The van der Waals surface area contributed by atoms with Crippen LogP contribution in [0.1, 0.15) is 19.4 Å². The number of ether oxygens (including phenoxy) is 1. The Hall–Kier alpha value is -2.10. The molecule has 0 radical (unpaired) electrons. The Bertz CT molecular complexity index is 470. The van der Waals surface area contributed by atoms with Gasteiger partial charge in [0.25, 0.3) is 0 Å². The van der Waals surface area contributed by atoms with Gasteiger partial charge < -0.3 is 10.1 Å². The fourth-order valence-corrected chi connectivity index (χ4v) is 1.94. The normalized spacial score (nSPS) is 13.0. The molecular weight excluding hydrogens is 266 g/mol. The first-order valence-corrected chi connectivity index (χ1v) is 7.12. The molecule has 0 aliphatic carbocycles. The van der Waals surface area contributed by atoms with Crippen LogP contribution >= 0.6 is 0 Å². The second-order valence-corrected chi connectivity index (χ2v) is 5.15. The minimum atomic E-state index is -0.453. The predicted molar refractivity (Wildman–Crippen MR) is 82.6 cm³/mol. The van der Waals surface area contributed by atoms with E-state index in [4.69, 9.17) is 4.74 Å². The van der Waals surface area contributed by atoms with Gasteiger partial charge >= 0.3 is 5.97 Å². The van der Waals surface area contributed by atoms with Crippen LogP contribution in [0, 0.1) is 11.8 Å². The van der Waals surface area contributed by atoms with Crippen LogP contribution in [-0.2, 0) is 20.7 Å². The molecule has 114 valence electrons. The summed E-state index contributed by atoms with van der Waals surface area (Å²) in [4.78, 5) is 23.3. The number of rotatable bonds is 8. The Morgan fingerprint density at radius 2 is 1.95 bits per heavy atom. The Balaban J connectivity index is 2.39. The van der Waals surface area contributed by atoms with E-state index in [-0.39, 0.29) is 30.9 Å². The van der Waals surface area contributed by atoms with Gasteiger partial charge in [-0.1, -0.05) is 56.8 Å². The molecule has 1 N–H and O–H groups in total. The second-order valence-electron chi connectivity index (χ2n) is 5.15. The van der Waals surface area contributed by atoms with E-state index < -0.39 is 5.97 Å². The molecule has 21 heavy (non-hydrogen) atoms. The lowest BCUT2D eigenvalue weighted by Gasteiger charge is -2.19. The van der Waals surface area contributed by atoms with Crippen LogP contribution in [0.25, 0.3) is 0 Å². The molecule has 0 aromatic heterocycles. The average Bonchev–Trinajstić information content (AvgIpc) is 2.50. The number of carbonyl (C=O) groups is 2. The molecular formula is C17H23NO3. The van der Waals surface area contributed by atoms with Crippen molar-refractivity contribution in [3.05, 3.63) is 48.6 Å². The molecule has 4 nitrogen and oxygen atoms in total. The summed E-state index contributed by atoms with van der Waals surface area (Å²) >= 11 is 0. The second kappa shape index (κ2) is 8.95. The third-order valence-corrected chi connectivity index (χ3v) is 3.44. The number of carbonyl (C=O) groups excluding carboxylic acids is 2. The zero-order chi connectivity index (χ0) is 15.7. The average molecular weight is 289 g/mol. The molecule has 1 amide bonds.